The summed E-state index contributed by atoms with van der Waals surface area (Å²) in [7, 11) is 0. The number of rotatable bonds is 3. The van der Waals surface area contributed by atoms with Crippen molar-refractivity contribution >= 4 is 0 Å². The van der Waals surface area contributed by atoms with Crippen molar-refractivity contribution in [3.8, 4) is 0 Å². The Morgan fingerprint density at radius 3 is 2.75 bits per heavy atom. The highest BCUT2D eigenvalue weighted by molar-refractivity contribution is 5.14. The summed E-state index contributed by atoms with van der Waals surface area (Å²) in [5, 5.41) is 0. The van der Waals surface area contributed by atoms with Gasteiger partial charge in [-0.2, -0.15) is 0 Å². The molecule has 1 saturated heterocycles. The molecule has 1 atom stereocenters. The van der Waals surface area contributed by atoms with Gasteiger partial charge in [-0.25, -0.2) is 0 Å². The molecule has 1 aliphatic rings. The fourth-order valence-electron chi connectivity index (χ4n) is 2.29. The summed E-state index contributed by atoms with van der Waals surface area (Å²) in [5.41, 5.74) is 1.40. The van der Waals surface area contributed by atoms with E-state index in [0.717, 1.165) is 26.3 Å². The van der Waals surface area contributed by atoms with Crippen LogP contribution in [0.1, 0.15) is 19.4 Å². The second kappa shape index (κ2) is 5.46. The van der Waals surface area contributed by atoms with Gasteiger partial charge in [0.2, 0.25) is 0 Å². The van der Waals surface area contributed by atoms with Crippen LogP contribution in [0.15, 0.2) is 30.3 Å². The fourth-order valence-corrected chi connectivity index (χ4v) is 2.29. The molecule has 0 radical (unpaired) electrons. The standard InChI is InChI=1S/C14H21NO/c1-12(2)14-11-16-9-8-15(14)10-13-6-4-3-5-7-13/h3-7,12,14H,8-11H2,1-2H3. The molecule has 0 N–H and O–H groups in total. The minimum Gasteiger partial charge on any atom is -0.378 e. The molecule has 0 aromatic heterocycles. The predicted molar refractivity (Wildman–Crippen MR) is 66.3 cm³/mol. The quantitative estimate of drug-likeness (QED) is 0.774. The third kappa shape index (κ3) is 2.83. The topological polar surface area (TPSA) is 12.5 Å². The number of hydrogen-bond donors (Lipinski definition) is 0. The first kappa shape index (κ1) is 11.6. The summed E-state index contributed by atoms with van der Waals surface area (Å²) in [6.07, 6.45) is 0. The number of morpholine rings is 1. The molecule has 1 fully saturated rings. The fraction of sp³-hybridized carbons (Fsp3) is 0.571. The van der Waals surface area contributed by atoms with Crippen LogP contribution in [0.25, 0.3) is 0 Å². The van der Waals surface area contributed by atoms with Gasteiger partial charge in [0.15, 0.2) is 0 Å². The molecule has 0 aliphatic carbocycles. The van der Waals surface area contributed by atoms with Crippen molar-refractivity contribution in [2.75, 3.05) is 19.8 Å². The smallest absolute Gasteiger partial charge is 0.0625 e. The van der Waals surface area contributed by atoms with Gasteiger partial charge in [0.1, 0.15) is 0 Å². The van der Waals surface area contributed by atoms with Crippen molar-refractivity contribution in [1.82, 2.24) is 4.90 Å². The molecule has 2 heteroatoms. The summed E-state index contributed by atoms with van der Waals surface area (Å²) >= 11 is 0. The van der Waals surface area contributed by atoms with Crippen LogP contribution in [0, 0.1) is 5.92 Å². The van der Waals surface area contributed by atoms with Gasteiger partial charge in [0, 0.05) is 19.1 Å². The molecular formula is C14H21NO. The number of hydrogen-bond acceptors (Lipinski definition) is 2. The third-order valence-corrected chi connectivity index (χ3v) is 3.28. The van der Waals surface area contributed by atoms with E-state index in [1.165, 1.54) is 5.56 Å². The monoisotopic (exact) mass is 219 g/mol. The van der Waals surface area contributed by atoms with Gasteiger partial charge in [0.05, 0.1) is 13.2 Å². The molecule has 1 heterocycles. The highest BCUT2D eigenvalue weighted by atomic mass is 16.5. The normalized spacial score (nSPS) is 22.6. The highest BCUT2D eigenvalue weighted by Gasteiger charge is 2.25. The van der Waals surface area contributed by atoms with Crippen molar-refractivity contribution in [2.45, 2.75) is 26.4 Å². The van der Waals surface area contributed by atoms with Crippen molar-refractivity contribution < 1.29 is 4.74 Å². The number of benzene rings is 1. The zero-order chi connectivity index (χ0) is 11.4. The lowest BCUT2D eigenvalue weighted by molar-refractivity contribution is -0.0284. The molecular weight excluding hydrogens is 198 g/mol. The van der Waals surface area contributed by atoms with E-state index >= 15 is 0 Å². The lowest BCUT2D eigenvalue weighted by atomic mass is 10.0. The average molecular weight is 219 g/mol. The van der Waals surface area contributed by atoms with Gasteiger partial charge < -0.3 is 4.74 Å². The SMILES string of the molecule is CC(C)C1COCCN1Cc1ccccc1. The van der Waals surface area contributed by atoms with Crippen LogP contribution in [0.3, 0.4) is 0 Å². The Morgan fingerprint density at radius 2 is 2.06 bits per heavy atom. The Bertz CT molecular complexity index is 310. The van der Waals surface area contributed by atoms with Gasteiger partial charge in [-0.05, 0) is 11.5 Å². The maximum Gasteiger partial charge on any atom is 0.0625 e. The zero-order valence-corrected chi connectivity index (χ0v) is 10.2. The minimum absolute atomic E-state index is 0.564. The maximum atomic E-state index is 5.57. The molecule has 0 saturated carbocycles. The molecule has 0 bridgehead atoms. The molecule has 1 unspecified atom stereocenters. The molecule has 1 aliphatic heterocycles. The van der Waals surface area contributed by atoms with E-state index < -0.39 is 0 Å². The van der Waals surface area contributed by atoms with Crippen LogP contribution in [0.2, 0.25) is 0 Å². The molecule has 16 heavy (non-hydrogen) atoms. The van der Waals surface area contributed by atoms with E-state index in [0.29, 0.717) is 12.0 Å². The Hall–Kier alpha value is -0.860. The summed E-state index contributed by atoms with van der Waals surface area (Å²) < 4.78 is 5.57. The Balaban J connectivity index is 2.01. The molecule has 88 valence electrons. The van der Waals surface area contributed by atoms with Gasteiger partial charge in [-0.3, -0.25) is 4.90 Å². The minimum atomic E-state index is 0.564. The number of nitrogens with zero attached hydrogens (tertiary/aromatic N) is 1. The van der Waals surface area contributed by atoms with Crippen LogP contribution >= 0.6 is 0 Å². The highest BCUT2D eigenvalue weighted by Crippen LogP contribution is 2.18. The Morgan fingerprint density at radius 1 is 1.31 bits per heavy atom. The van der Waals surface area contributed by atoms with Crippen molar-refractivity contribution in [1.29, 1.82) is 0 Å². The number of ether oxygens (including phenoxy) is 1. The van der Waals surface area contributed by atoms with E-state index in [-0.39, 0.29) is 0 Å². The third-order valence-electron chi connectivity index (χ3n) is 3.28. The molecule has 2 nitrogen and oxygen atoms in total. The first-order valence-electron chi connectivity index (χ1n) is 6.13. The molecule has 1 aromatic rings. The van der Waals surface area contributed by atoms with E-state index in [2.05, 4.69) is 49.1 Å². The summed E-state index contributed by atoms with van der Waals surface area (Å²) in [6, 6.07) is 11.3. The summed E-state index contributed by atoms with van der Waals surface area (Å²) in [5.74, 6) is 0.656. The second-order valence-corrected chi connectivity index (χ2v) is 4.84. The van der Waals surface area contributed by atoms with Crippen LogP contribution < -0.4 is 0 Å². The first-order valence-corrected chi connectivity index (χ1v) is 6.13. The summed E-state index contributed by atoms with van der Waals surface area (Å²) in [6.45, 7) is 8.40. The molecule has 0 amide bonds. The van der Waals surface area contributed by atoms with Gasteiger partial charge in [-0.1, -0.05) is 44.2 Å². The van der Waals surface area contributed by atoms with Gasteiger partial charge in [-0.15, -0.1) is 0 Å². The molecule has 0 spiro atoms. The van der Waals surface area contributed by atoms with Crippen LogP contribution in [0.5, 0.6) is 0 Å². The van der Waals surface area contributed by atoms with E-state index in [1.54, 1.807) is 0 Å². The summed E-state index contributed by atoms with van der Waals surface area (Å²) in [4.78, 5) is 2.55. The maximum absolute atomic E-state index is 5.57. The van der Waals surface area contributed by atoms with E-state index in [4.69, 9.17) is 4.74 Å². The van der Waals surface area contributed by atoms with E-state index in [1.807, 2.05) is 0 Å². The van der Waals surface area contributed by atoms with Crippen LogP contribution in [-0.2, 0) is 11.3 Å². The van der Waals surface area contributed by atoms with Crippen LogP contribution in [0.4, 0.5) is 0 Å². The van der Waals surface area contributed by atoms with Crippen molar-refractivity contribution in [2.24, 2.45) is 5.92 Å². The zero-order valence-electron chi connectivity index (χ0n) is 10.2. The van der Waals surface area contributed by atoms with Gasteiger partial charge in [0.25, 0.3) is 0 Å². The Labute approximate surface area is 98.2 Å². The lowest BCUT2D eigenvalue weighted by Crippen LogP contribution is -2.47. The van der Waals surface area contributed by atoms with Crippen LogP contribution in [-0.4, -0.2) is 30.7 Å². The largest absolute Gasteiger partial charge is 0.378 e. The van der Waals surface area contributed by atoms with Crippen molar-refractivity contribution in [3.05, 3.63) is 35.9 Å². The van der Waals surface area contributed by atoms with Crippen molar-refractivity contribution in [3.63, 3.8) is 0 Å². The Kier molecular flexibility index (Phi) is 3.97. The lowest BCUT2D eigenvalue weighted by Gasteiger charge is -2.38. The molecule has 1 aromatic carbocycles. The van der Waals surface area contributed by atoms with Gasteiger partial charge >= 0.3 is 0 Å². The second-order valence-electron chi connectivity index (χ2n) is 4.84. The molecule has 2 rings (SSSR count). The predicted octanol–water partition coefficient (Wildman–Crippen LogP) is 2.54. The first-order chi connectivity index (χ1) is 7.77. The average Bonchev–Trinajstić information content (AvgIpc) is 2.31. The van der Waals surface area contributed by atoms with E-state index in [9.17, 15) is 0 Å².